The van der Waals surface area contributed by atoms with Crippen LogP contribution >= 0.6 is 19.8 Å². The minimum atomic E-state index is -4.70. The molecule has 1 aromatic rings. The molecular weight excluding hydrogens is 543 g/mol. The topological polar surface area (TPSA) is 106 Å². The van der Waals surface area contributed by atoms with Gasteiger partial charge in [-0.2, -0.15) is 8.42 Å². The zero-order valence-electron chi connectivity index (χ0n) is 19.3. The number of hydrogen-bond acceptors (Lipinski definition) is 5. The lowest BCUT2D eigenvalue weighted by Crippen LogP contribution is -2.08. The molecule has 1 rings (SSSR count). The number of carbonyl (C=O) groups is 1. The van der Waals surface area contributed by atoms with Crippen LogP contribution in [0.1, 0.15) is 120 Å². The maximum absolute atomic E-state index is 12.5. The third-order valence-corrected chi connectivity index (χ3v) is 9.01. The minimum absolute atomic E-state index is 0.124. The second-order valence-corrected chi connectivity index (χ2v) is 12.1. The van der Waals surface area contributed by atoms with Gasteiger partial charge < -0.3 is 0 Å². The van der Waals surface area contributed by atoms with Crippen molar-refractivity contribution in [3.63, 3.8) is 0 Å². The number of benzene rings is 1. The van der Waals surface area contributed by atoms with Gasteiger partial charge in [-0.1, -0.05) is 109 Å². The molecule has 0 aliphatic rings. The van der Waals surface area contributed by atoms with Gasteiger partial charge in [0, 0.05) is 12.0 Å². The normalized spacial score (nSPS) is 11.8. The van der Waals surface area contributed by atoms with Crippen molar-refractivity contribution in [2.24, 2.45) is 0 Å². The summed E-state index contributed by atoms with van der Waals surface area (Å²) in [5, 5.41) is 0. The van der Waals surface area contributed by atoms with Crippen molar-refractivity contribution < 1.29 is 23.9 Å². The molecule has 0 aliphatic carbocycles. The maximum atomic E-state index is 12.5. The summed E-state index contributed by atoms with van der Waals surface area (Å²) in [6.45, 7) is 2.24. The number of Topliss-reactive ketones (excluding diaryl/α,β-unsaturated/α-hetero) is 1. The monoisotopic (exact) mass is 582 g/mol. The number of carbonyl (C=O) groups excluding carboxylic acids is 1. The Morgan fingerprint density at radius 1 is 0.781 bits per heavy atom. The van der Waals surface area contributed by atoms with E-state index >= 15 is 0 Å². The van der Waals surface area contributed by atoms with Crippen molar-refractivity contribution in [2.75, 3.05) is 0 Å². The van der Waals surface area contributed by atoms with Crippen LogP contribution in [0, 0.1) is 3.57 Å². The van der Waals surface area contributed by atoms with Crippen LogP contribution in [0.25, 0.3) is 0 Å². The van der Waals surface area contributed by atoms with Crippen LogP contribution in [-0.4, -0.2) is 18.8 Å². The Morgan fingerprint density at radius 2 is 1.22 bits per heavy atom. The van der Waals surface area contributed by atoms with Gasteiger partial charge in [0.1, 0.15) is 8.47 Å². The van der Waals surface area contributed by atoms with Crippen molar-refractivity contribution in [1.82, 2.24) is 0 Å². The van der Waals surface area contributed by atoms with Crippen LogP contribution in [0.5, 0.6) is 0 Å². The van der Waals surface area contributed by atoms with Gasteiger partial charge in [-0.05, 0) is 12.5 Å². The highest BCUT2D eigenvalue weighted by Gasteiger charge is 2.24. The molecular formula is C24H39IO6S. The van der Waals surface area contributed by atoms with Crippen molar-refractivity contribution in [1.29, 1.82) is 0 Å². The predicted molar refractivity (Wildman–Crippen MR) is 134 cm³/mol. The molecule has 6 nitrogen and oxygen atoms in total. The lowest BCUT2D eigenvalue weighted by Gasteiger charge is -2.07. The molecule has 184 valence electrons. The molecule has 0 fully saturated rings. The largest absolute Gasteiger partial charge is 0.343 e. The Kier molecular flexibility index (Phi) is 15.2. The van der Waals surface area contributed by atoms with Gasteiger partial charge in [0.15, 0.2) is 5.78 Å². The zero-order valence-corrected chi connectivity index (χ0v) is 22.3. The van der Waals surface area contributed by atoms with E-state index in [2.05, 4.69) is 6.92 Å². The average Bonchev–Trinajstić information content (AvgIpc) is 2.75. The summed E-state index contributed by atoms with van der Waals surface area (Å²) >= 11 is -4.29. The molecule has 8 heteroatoms. The molecule has 0 atom stereocenters. The summed E-state index contributed by atoms with van der Waals surface area (Å²) in [6.07, 6.45) is 18.4. The maximum Gasteiger partial charge on any atom is 0.343 e. The van der Waals surface area contributed by atoms with E-state index in [1.54, 1.807) is 0 Å². The van der Waals surface area contributed by atoms with Crippen molar-refractivity contribution in [2.45, 2.75) is 115 Å². The molecule has 32 heavy (non-hydrogen) atoms. The summed E-state index contributed by atoms with van der Waals surface area (Å²) in [4.78, 5) is 11.8. The van der Waals surface area contributed by atoms with Crippen LogP contribution in [0.3, 0.4) is 0 Å². The summed E-state index contributed by atoms with van der Waals surface area (Å²) < 4.78 is 54.8. The highest BCUT2D eigenvalue weighted by Crippen LogP contribution is 2.30. The first kappa shape index (κ1) is 29.2. The van der Waals surface area contributed by atoms with Gasteiger partial charge >= 0.3 is 19.8 Å². The smallest absolute Gasteiger partial charge is 0.294 e. The molecule has 0 bridgehead atoms. The van der Waals surface area contributed by atoms with Crippen molar-refractivity contribution in [3.05, 3.63) is 27.3 Å². The summed E-state index contributed by atoms with van der Waals surface area (Å²) in [5.41, 5.74) is -0.124. The number of ketones is 1. The molecule has 1 N–H and O–H groups in total. The quantitative estimate of drug-likeness (QED) is 0.0774. The first-order chi connectivity index (χ1) is 15.3. The van der Waals surface area contributed by atoms with E-state index in [9.17, 15) is 23.9 Å². The standard InChI is InChI=1S/C24H39IO6S/c1-2-3-4-5-6-7-8-9-10-11-12-13-14-15-16-19-22(26)21-18-17-20-23(32(29,30)31)24(21)25(27)28/h17-18,20H,2-16,19H2,1H3,(H,29,30,31). The average molecular weight is 583 g/mol. The molecule has 1 aromatic carbocycles. The van der Waals surface area contributed by atoms with Gasteiger partial charge in [0.2, 0.25) is 0 Å². The Morgan fingerprint density at radius 3 is 1.62 bits per heavy atom. The van der Waals surface area contributed by atoms with Crippen LogP contribution in [0.15, 0.2) is 23.1 Å². The summed E-state index contributed by atoms with van der Waals surface area (Å²) in [5.74, 6) is -0.394. The van der Waals surface area contributed by atoms with E-state index in [1.165, 1.54) is 82.8 Å². The van der Waals surface area contributed by atoms with E-state index in [1.807, 2.05) is 0 Å². The Labute approximate surface area is 200 Å². The molecule has 0 radical (unpaired) electrons. The molecule has 0 unspecified atom stereocenters. The van der Waals surface area contributed by atoms with Crippen LogP contribution in [0.2, 0.25) is 0 Å². The fraction of sp³-hybridized carbons (Fsp3) is 0.708. The fourth-order valence-electron chi connectivity index (χ4n) is 3.88. The van der Waals surface area contributed by atoms with E-state index in [-0.39, 0.29) is 12.0 Å². The zero-order chi connectivity index (χ0) is 23.8. The fourth-order valence-corrected chi connectivity index (χ4v) is 7.29. The van der Waals surface area contributed by atoms with Crippen molar-refractivity contribution in [3.8, 4) is 0 Å². The van der Waals surface area contributed by atoms with Crippen LogP contribution in [0.4, 0.5) is 0 Å². The van der Waals surface area contributed by atoms with E-state index in [0.29, 0.717) is 6.42 Å². The lowest BCUT2D eigenvalue weighted by atomic mass is 10.0. The molecule has 0 spiro atoms. The summed E-state index contributed by atoms with van der Waals surface area (Å²) in [7, 11) is -4.70. The second-order valence-electron chi connectivity index (χ2n) is 8.43. The minimum Gasteiger partial charge on any atom is -0.294 e. The Balaban J connectivity index is 2.20. The highest BCUT2D eigenvalue weighted by molar-refractivity contribution is 14.2. The first-order valence-corrected chi connectivity index (χ1v) is 16.3. The number of hydrogen-bond donors (Lipinski definition) is 1. The third-order valence-electron chi connectivity index (χ3n) is 5.70. The third kappa shape index (κ3) is 11.8. The molecule has 0 aliphatic heterocycles. The second kappa shape index (κ2) is 16.7. The lowest BCUT2D eigenvalue weighted by molar-refractivity contribution is 0.0978. The van der Waals surface area contributed by atoms with Gasteiger partial charge in [-0.25, -0.2) is 6.14 Å². The number of halogens is 1. The highest BCUT2D eigenvalue weighted by atomic mass is 127. The van der Waals surface area contributed by atoms with Crippen LogP contribution in [-0.2, 0) is 16.3 Å². The van der Waals surface area contributed by atoms with Crippen molar-refractivity contribution >= 4 is 35.7 Å². The van der Waals surface area contributed by atoms with Gasteiger partial charge in [0.05, 0.1) is 0 Å². The van der Waals surface area contributed by atoms with E-state index in [0.717, 1.165) is 25.3 Å². The van der Waals surface area contributed by atoms with Crippen LogP contribution < -0.4 is 0 Å². The van der Waals surface area contributed by atoms with Gasteiger partial charge in [-0.15, -0.1) is 0 Å². The number of rotatable bonds is 19. The van der Waals surface area contributed by atoms with E-state index < -0.39 is 44.2 Å². The molecule has 0 heterocycles. The molecule has 0 saturated carbocycles. The van der Waals surface area contributed by atoms with Gasteiger partial charge in [0.25, 0.3) is 10.1 Å². The SMILES string of the molecule is CCCCCCCCCCCCCCCCCC(=O)c1cccc(S(=O)(=O)O)c1I(=O)=O. The summed E-state index contributed by atoms with van der Waals surface area (Å²) in [6, 6.07) is 3.61. The number of unbranched alkanes of at least 4 members (excludes halogenated alkanes) is 14. The van der Waals surface area contributed by atoms with E-state index in [4.69, 9.17) is 0 Å². The molecule has 0 amide bonds. The molecule has 0 aromatic heterocycles. The predicted octanol–water partition coefficient (Wildman–Crippen LogP) is 7.74. The first-order valence-electron chi connectivity index (χ1n) is 12.0. The molecule has 0 saturated heterocycles. The van der Waals surface area contributed by atoms with Gasteiger partial charge in [-0.3, -0.25) is 9.35 Å². The Hall–Kier alpha value is -0.870. The Bertz CT molecular complexity index is 853.